The minimum Gasteiger partial charge on any atom is -0.458 e. The van der Waals surface area contributed by atoms with Gasteiger partial charge in [0.15, 0.2) is 0 Å². The molecule has 2 heterocycles. The number of ether oxygens (including phenoxy) is 5. The summed E-state index contributed by atoms with van der Waals surface area (Å²) >= 11 is 0. The van der Waals surface area contributed by atoms with Crippen LogP contribution in [0.25, 0.3) is 0 Å². The Bertz CT molecular complexity index is 1500. The number of alkyl carbamates (subject to hydrolysis) is 1. The molecule has 4 N–H and O–H groups in total. The molecule has 298 valence electrons. The SMILES string of the molecule is CC(C)(C)OC(=O)C(CCCCN1C(=O)C=CC1=O)NC(=O)CNC(=O)c1cccc(C2CC(C)(C)OC(=O)NCCOCCOCCOCC(=O)N2)c1. The Labute approximate surface area is 315 Å². The Hall–Kier alpha value is -4.87. The fourth-order valence-corrected chi connectivity index (χ4v) is 5.43. The molecule has 1 fully saturated rings. The highest BCUT2D eigenvalue weighted by molar-refractivity contribution is 6.12. The second kappa shape index (κ2) is 21.1. The van der Waals surface area contributed by atoms with E-state index in [2.05, 4.69) is 21.3 Å². The fraction of sp³-hybridized carbons (Fsp3) is 0.595. The van der Waals surface area contributed by atoms with E-state index < -0.39 is 71.4 Å². The topological polar surface area (TPSA) is 217 Å². The van der Waals surface area contributed by atoms with Gasteiger partial charge in [-0.2, -0.15) is 0 Å². The summed E-state index contributed by atoms with van der Waals surface area (Å²) in [6.07, 6.45) is 2.82. The summed E-state index contributed by atoms with van der Waals surface area (Å²) in [4.78, 5) is 89.4. The van der Waals surface area contributed by atoms with E-state index in [-0.39, 0.29) is 57.9 Å². The van der Waals surface area contributed by atoms with Crippen LogP contribution in [0.4, 0.5) is 4.79 Å². The summed E-state index contributed by atoms with van der Waals surface area (Å²) in [7, 11) is 0. The normalized spacial score (nSPS) is 19.7. The van der Waals surface area contributed by atoms with Gasteiger partial charge in [-0.05, 0) is 71.6 Å². The predicted molar refractivity (Wildman–Crippen MR) is 193 cm³/mol. The molecule has 2 unspecified atom stereocenters. The summed E-state index contributed by atoms with van der Waals surface area (Å²) in [5.41, 5.74) is -1.18. The van der Waals surface area contributed by atoms with Gasteiger partial charge in [-0.1, -0.05) is 12.1 Å². The van der Waals surface area contributed by atoms with Crippen molar-refractivity contribution in [3.8, 4) is 0 Å². The van der Waals surface area contributed by atoms with E-state index in [1.807, 2.05) is 0 Å². The second-order valence-corrected chi connectivity index (χ2v) is 14.3. The van der Waals surface area contributed by atoms with Gasteiger partial charge in [0.2, 0.25) is 11.8 Å². The van der Waals surface area contributed by atoms with Gasteiger partial charge in [0.25, 0.3) is 17.7 Å². The van der Waals surface area contributed by atoms with Gasteiger partial charge in [-0.25, -0.2) is 9.59 Å². The lowest BCUT2D eigenvalue weighted by atomic mass is 9.92. The van der Waals surface area contributed by atoms with E-state index in [1.165, 1.54) is 18.2 Å². The third-order valence-corrected chi connectivity index (χ3v) is 7.91. The molecule has 54 heavy (non-hydrogen) atoms. The molecule has 1 aromatic rings. The molecule has 0 radical (unpaired) electrons. The van der Waals surface area contributed by atoms with Crippen LogP contribution in [-0.4, -0.2) is 123 Å². The molecule has 2 atom stereocenters. The van der Waals surface area contributed by atoms with Crippen LogP contribution in [0.3, 0.4) is 0 Å². The number of imide groups is 1. The van der Waals surface area contributed by atoms with Crippen molar-refractivity contribution in [2.24, 2.45) is 0 Å². The van der Waals surface area contributed by atoms with Gasteiger partial charge < -0.3 is 45.0 Å². The van der Waals surface area contributed by atoms with E-state index in [9.17, 15) is 33.6 Å². The number of carbonyl (C=O) groups is 7. The number of hydrogen-bond donors (Lipinski definition) is 4. The fourth-order valence-electron chi connectivity index (χ4n) is 5.43. The van der Waals surface area contributed by atoms with Gasteiger partial charge >= 0.3 is 12.1 Å². The molecule has 17 nitrogen and oxygen atoms in total. The highest BCUT2D eigenvalue weighted by atomic mass is 16.6. The zero-order chi connectivity index (χ0) is 39.7. The summed E-state index contributed by atoms with van der Waals surface area (Å²) in [6.45, 7) is 9.50. The lowest BCUT2D eigenvalue weighted by Crippen LogP contribution is -2.47. The minimum atomic E-state index is -1.07. The minimum absolute atomic E-state index is 0.132. The number of benzene rings is 1. The van der Waals surface area contributed by atoms with Crippen LogP contribution in [-0.2, 0) is 47.7 Å². The third kappa shape index (κ3) is 16.0. The average molecular weight is 760 g/mol. The van der Waals surface area contributed by atoms with Crippen LogP contribution in [0, 0.1) is 0 Å². The predicted octanol–water partition coefficient (Wildman–Crippen LogP) is 1.45. The molecule has 0 bridgehead atoms. The molecule has 2 aliphatic heterocycles. The van der Waals surface area contributed by atoms with E-state index in [4.69, 9.17) is 23.7 Å². The first-order valence-corrected chi connectivity index (χ1v) is 18.0. The van der Waals surface area contributed by atoms with Crippen molar-refractivity contribution in [3.63, 3.8) is 0 Å². The summed E-state index contributed by atoms with van der Waals surface area (Å²) in [6, 6.07) is 4.66. The molecule has 1 aromatic carbocycles. The maximum Gasteiger partial charge on any atom is 0.407 e. The maximum atomic E-state index is 13.3. The Balaban J connectivity index is 1.65. The first-order chi connectivity index (χ1) is 25.5. The number of amides is 6. The number of carbonyl (C=O) groups excluding carboxylic acids is 7. The molecule has 0 aliphatic carbocycles. The molecule has 0 aromatic heterocycles. The number of rotatable bonds is 11. The van der Waals surface area contributed by atoms with Crippen LogP contribution in [0.2, 0.25) is 0 Å². The molecular weight excluding hydrogens is 706 g/mol. The molecule has 0 saturated carbocycles. The highest BCUT2D eigenvalue weighted by Gasteiger charge is 2.31. The van der Waals surface area contributed by atoms with E-state index in [0.717, 1.165) is 4.90 Å². The van der Waals surface area contributed by atoms with Crippen molar-refractivity contribution in [2.45, 2.75) is 83.6 Å². The zero-order valence-corrected chi connectivity index (χ0v) is 31.7. The summed E-state index contributed by atoms with van der Waals surface area (Å²) in [5, 5.41) is 10.7. The van der Waals surface area contributed by atoms with E-state index >= 15 is 0 Å². The molecular formula is C37H53N5O12. The number of nitrogens with one attached hydrogen (secondary N) is 4. The van der Waals surface area contributed by atoms with E-state index in [1.54, 1.807) is 52.8 Å². The number of esters is 1. The Kier molecular flexibility index (Phi) is 17.0. The van der Waals surface area contributed by atoms with Crippen molar-refractivity contribution in [2.75, 3.05) is 59.3 Å². The zero-order valence-electron chi connectivity index (χ0n) is 31.7. The van der Waals surface area contributed by atoms with Gasteiger partial charge in [-0.15, -0.1) is 0 Å². The van der Waals surface area contributed by atoms with Crippen LogP contribution in [0.5, 0.6) is 0 Å². The molecule has 3 rings (SSSR count). The molecule has 17 heteroatoms. The summed E-state index contributed by atoms with van der Waals surface area (Å²) in [5.74, 6) is -3.15. The quantitative estimate of drug-likeness (QED) is 0.143. The largest absolute Gasteiger partial charge is 0.458 e. The van der Waals surface area contributed by atoms with E-state index in [0.29, 0.717) is 31.6 Å². The van der Waals surface area contributed by atoms with Crippen molar-refractivity contribution in [1.29, 1.82) is 0 Å². The van der Waals surface area contributed by atoms with Crippen LogP contribution >= 0.6 is 0 Å². The molecule has 0 spiro atoms. The van der Waals surface area contributed by atoms with Crippen LogP contribution < -0.4 is 21.3 Å². The lowest BCUT2D eigenvalue weighted by Gasteiger charge is -2.31. The number of unbranched alkanes of at least 4 members (excludes halogenated alkanes) is 1. The van der Waals surface area contributed by atoms with Crippen molar-refractivity contribution in [3.05, 3.63) is 47.5 Å². The second-order valence-electron chi connectivity index (χ2n) is 14.3. The Morgan fingerprint density at radius 1 is 0.963 bits per heavy atom. The average Bonchev–Trinajstić information content (AvgIpc) is 3.41. The van der Waals surface area contributed by atoms with Crippen LogP contribution in [0.1, 0.15) is 82.3 Å². The van der Waals surface area contributed by atoms with Gasteiger partial charge in [0.1, 0.15) is 23.9 Å². The number of hydrogen-bond acceptors (Lipinski definition) is 12. The third-order valence-electron chi connectivity index (χ3n) is 7.91. The van der Waals surface area contributed by atoms with Gasteiger partial charge in [-0.3, -0.25) is 28.9 Å². The monoisotopic (exact) mass is 759 g/mol. The number of nitrogens with zero attached hydrogens (tertiary/aromatic N) is 1. The molecule has 1 saturated heterocycles. The van der Waals surface area contributed by atoms with Crippen molar-refractivity contribution in [1.82, 2.24) is 26.2 Å². The standard InChI is InChI=1S/C37H53N5O12/c1-36(2,3)53-34(48)27(11-6-7-15-42-31(45)12-13-32(42)46)40-29(43)23-39-33(47)26-10-8-9-25(21-26)28-22-37(4,5)54-35(49)38-14-16-50-17-18-51-19-20-52-24-30(44)41-28/h8-10,12-13,21,27-28H,6-7,11,14-20,22-24H2,1-5H3,(H,38,49)(H,39,47)(H,40,43)(H,41,44). The highest BCUT2D eigenvalue weighted by Crippen LogP contribution is 2.27. The maximum absolute atomic E-state index is 13.3. The first kappa shape index (κ1) is 43.5. The van der Waals surface area contributed by atoms with Crippen molar-refractivity contribution >= 4 is 41.6 Å². The lowest BCUT2D eigenvalue weighted by molar-refractivity contribution is -0.159. The Morgan fingerprint density at radius 3 is 2.31 bits per heavy atom. The van der Waals surface area contributed by atoms with Gasteiger partial charge in [0, 0.05) is 37.2 Å². The summed E-state index contributed by atoms with van der Waals surface area (Å²) < 4.78 is 27.4. The van der Waals surface area contributed by atoms with Gasteiger partial charge in [0.05, 0.1) is 45.6 Å². The smallest absolute Gasteiger partial charge is 0.407 e. The Morgan fingerprint density at radius 2 is 1.63 bits per heavy atom. The molecule has 6 amide bonds. The van der Waals surface area contributed by atoms with Crippen molar-refractivity contribution < 1.29 is 57.2 Å². The number of cyclic esters (lactones) is 1. The molecule has 2 aliphatic rings. The first-order valence-electron chi connectivity index (χ1n) is 18.0. The van der Waals surface area contributed by atoms with Crippen LogP contribution in [0.15, 0.2) is 36.4 Å².